The molecule has 7 heteroatoms. The van der Waals surface area contributed by atoms with E-state index in [9.17, 15) is 0 Å². The van der Waals surface area contributed by atoms with Gasteiger partial charge in [0.15, 0.2) is 5.96 Å². The van der Waals surface area contributed by atoms with Crippen LogP contribution in [-0.4, -0.2) is 68.2 Å². The number of nitrogens with one attached hydrogen (secondary N) is 2. The lowest BCUT2D eigenvalue weighted by Gasteiger charge is -2.23. The second kappa shape index (κ2) is 9.42. The molecule has 0 aromatic carbocycles. The van der Waals surface area contributed by atoms with Crippen molar-refractivity contribution in [3.8, 4) is 0 Å². The summed E-state index contributed by atoms with van der Waals surface area (Å²) in [4.78, 5) is 13.6. The Labute approximate surface area is 162 Å². The first-order valence-corrected chi connectivity index (χ1v) is 10.1. The molecule has 2 aliphatic rings. The van der Waals surface area contributed by atoms with Gasteiger partial charge < -0.3 is 20.4 Å². The van der Waals surface area contributed by atoms with Crippen LogP contribution in [0, 0.1) is 5.92 Å². The largest absolute Gasteiger partial charge is 0.356 e. The molecule has 0 bridgehead atoms. The number of anilines is 1. The fourth-order valence-corrected chi connectivity index (χ4v) is 4.05. The maximum atomic E-state index is 6.27. The van der Waals surface area contributed by atoms with Crippen LogP contribution in [0.4, 0.5) is 5.82 Å². The molecule has 144 valence electrons. The molecule has 2 atom stereocenters. The van der Waals surface area contributed by atoms with Crippen LogP contribution in [-0.2, 0) is 0 Å². The van der Waals surface area contributed by atoms with Crippen molar-refractivity contribution in [1.29, 1.82) is 0 Å². The lowest BCUT2D eigenvalue weighted by Crippen LogP contribution is -2.46. The van der Waals surface area contributed by atoms with Gasteiger partial charge in [-0.25, -0.2) is 4.98 Å². The molecule has 0 spiro atoms. The van der Waals surface area contributed by atoms with Gasteiger partial charge >= 0.3 is 0 Å². The van der Waals surface area contributed by atoms with Gasteiger partial charge in [0.2, 0.25) is 0 Å². The van der Waals surface area contributed by atoms with E-state index < -0.39 is 0 Å². The summed E-state index contributed by atoms with van der Waals surface area (Å²) in [5.74, 6) is 2.37. The summed E-state index contributed by atoms with van der Waals surface area (Å²) in [6.07, 6.45) is 5.55. The zero-order valence-electron chi connectivity index (χ0n) is 15.9. The van der Waals surface area contributed by atoms with E-state index in [0.29, 0.717) is 17.0 Å². The van der Waals surface area contributed by atoms with Crippen LogP contribution in [0.2, 0.25) is 5.02 Å². The summed E-state index contributed by atoms with van der Waals surface area (Å²) in [6.45, 7) is 8.77. The van der Waals surface area contributed by atoms with Crippen molar-refractivity contribution in [1.82, 2.24) is 20.5 Å². The Bertz CT molecular complexity index is 601. The molecule has 26 heavy (non-hydrogen) atoms. The van der Waals surface area contributed by atoms with Gasteiger partial charge in [0.05, 0.1) is 5.02 Å². The second-order valence-corrected chi connectivity index (χ2v) is 7.86. The Kier molecular flexibility index (Phi) is 6.97. The molecule has 1 aromatic heterocycles. The molecular weight excluding hydrogens is 348 g/mol. The summed E-state index contributed by atoms with van der Waals surface area (Å²) >= 11 is 6.27. The summed E-state index contributed by atoms with van der Waals surface area (Å²) in [5.41, 5.74) is 0. The van der Waals surface area contributed by atoms with Crippen LogP contribution in [0.25, 0.3) is 0 Å². The third-order valence-corrected chi connectivity index (χ3v) is 5.47. The molecule has 0 saturated carbocycles. The van der Waals surface area contributed by atoms with E-state index >= 15 is 0 Å². The van der Waals surface area contributed by atoms with Crippen LogP contribution in [0.15, 0.2) is 23.3 Å². The number of pyridine rings is 1. The van der Waals surface area contributed by atoms with Gasteiger partial charge in [0.1, 0.15) is 5.82 Å². The quantitative estimate of drug-likeness (QED) is 0.587. The average Bonchev–Trinajstić information content (AvgIpc) is 3.31. The number of hydrogen-bond donors (Lipinski definition) is 2. The molecule has 0 amide bonds. The second-order valence-electron chi connectivity index (χ2n) is 7.45. The lowest BCUT2D eigenvalue weighted by molar-refractivity contribution is 0.287. The van der Waals surface area contributed by atoms with Gasteiger partial charge in [0.25, 0.3) is 0 Å². The molecule has 3 rings (SSSR count). The minimum atomic E-state index is 0.355. The van der Waals surface area contributed by atoms with Crippen LogP contribution in [0.3, 0.4) is 0 Å². The minimum Gasteiger partial charge on any atom is -0.356 e. The smallest absolute Gasteiger partial charge is 0.191 e. The molecular formula is C19H31ClN6. The SMILES string of the molecule is CN=C(NCC(C)CN1CCCC1)NC1CCN(c2ncccc2Cl)C1. The molecule has 2 unspecified atom stereocenters. The van der Waals surface area contributed by atoms with E-state index in [2.05, 4.69) is 37.3 Å². The number of hydrogen-bond acceptors (Lipinski definition) is 4. The van der Waals surface area contributed by atoms with E-state index in [0.717, 1.165) is 37.8 Å². The van der Waals surface area contributed by atoms with Crippen molar-refractivity contribution in [2.24, 2.45) is 10.9 Å². The first-order valence-electron chi connectivity index (χ1n) is 9.70. The van der Waals surface area contributed by atoms with Crippen LogP contribution >= 0.6 is 11.6 Å². The maximum absolute atomic E-state index is 6.27. The Balaban J connectivity index is 1.43. The fourth-order valence-electron chi connectivity index (χ4n) is 3.81. The Morgan fingerprint density at radius 3 is 2.92 bits per heavy atom. The number of aliphatic imine (C=N–C) groups is 1. The van der Waals surface area contributed by atoms with E-state index in [1.54, 1.807) is 6.20 Å². The van der Waals surface area contributed by atoms with Crippen LogP contribution in [0.1, 0.15) is 26.2 Å². The van der Waals surface area contributed by atoms with E-state index in [4.69, 9.17) is 11.6 Å². The molecule has 3 heterocycles. The zero-order chi connectivity index (χ0) is 18.4. The predicted octanol–water partition coefficient (Wildman–Crippen LogP) is 2.21. The van der Waals surface area contributed by atoms with E-state index in [1.807, 2.05) is 19.2 Å². The highest BCUT2D eigenvalue weighted by Crippen LogP contribution is 2.25. The fraction of sp³-hybridized carbons (Fsp3) is 0.684. The van der Waals surface area contributed by atoms with Crippen molar-refractivity contribution < 1.29 is 0 Å². The molecule has 2 saturated heterocycles. The molecule has 1 aromatic rings. The molecule has 6 nitrogen and oxygen atoms in total. The number of guanidine groups is 1. The topological polar surface area (TPSA) is 55.8 Å². The van der Waals surface area contributed by atoms with E-state index in [-0.39, 0.29) is 0 Å². The summed E-state index contributed by atoms with van der Waals surface area (Å²) < 4.78 is 0. The lowest BCUT2D eigenvalue weighted by atomic mass is 10.1. The first-order chi connectivity index (χ1) is 12.7. The van der Waals surface area contributed by atoms with Gasteiger partial charge in [-0.3, -0.25) is 4.99 Å². The number of halogens is 1. The van der Waals surface area contributed by atoms with Crippen molar-refractivity contribution >= 4 is 23.4 Å². The van der Waals surface area contributed by atoms with Crippen molar-refractivity contribution in [2.45, 2.75) is 32.2 Å². The Morgan fingerprint density at radius 2 is 2.19 bits per heavy atom. The summed E-state index contributed by atoms with van der Waals surface area (Å²) in [7, 11) is 1.84. The highest BCUT2D eigenvalue weighted by atomic mass is 35.5. The summed E-state index contributed by atoms with van der Waals surface area (Å²) in [5, 5.41) is 7.75. The van der Waals surface area contributed by atoms with Gasteiger partial charge in [-0.1, -0.05) is 18.5 Å². The zero-order valence-corrected chi connectivity index (χ0v) is 16.7. The van der Waals surface area contributed by atoms with Crippen molar-refractivity contribution in [3.63, 3.8) is 0 Å². The van der Waals surface area contributed by atoms with E-state index in [1.165, 1.54) is 32.5 Å². The standard InChI is InChI=1S/C19H31ClN6/c1-15(13-25-9-3-4-10-25)12-23-19(21-2)24-16-7-11-26(14-16)18-17(20)6-5-8-22-18/h5-6,8,15-16H,3-4,7,9-14H2,1-2H3,(H2,21,23,24). The predicted molar refractivity (Wildman–Crippen MR) is 109 cm³/mol. The van der Waals surface area contributed by atoms with Crippen molar-refractivity contribution in [2.75, 3.05) is 51.2 Å². The monoisotopic (exact) mass is 378 g/mol. The molecule has 0 aliphatic carbocycles. The maximum Gasteiger partial charge on any atom is 0.191 e. The highest BCUT2D eigenvalue weighted by molar-refractivity contribution is 6.32. The highest BCUT2D eigenvalue weighted by Gasteiger charge is 2.25. The number of nitrogens with zero attached hydrogens (tertiary/aromatic N) is 4. The summed E-state index contributed by atoms with van der Waals surface area (Å²) in [6, 6.07) is 4.12. The van der Waals surface area contributed by atoms with Gasteiger partial charge in [-0.15, -0.1) is 0 Å². The normalized spacial score (nSPS) is 22.7. The molecule has 2 N–H and O–H groups in total. The molecule has 0 radical (unpaired) electrons. The minimum absolute atomic E-state index is 0.355. The van der Waals surface area contributed by atoms with Crippen LogP contribution < -0.4 is 15.5 Å². The van der Waals surface area contributed by atoms with Gasteiger partial charge in [0, 0.05) is 45.5 Å². The number of aromatic nitrogens is 1. The Hall–Kier alpha value is -1.53. The van der Waals surface area contributed by atoms with Gasteiger partial charge in [-0.05, 0) is 50.4 Å². The molecule has 2 aliphatic heterocycles. The van der Waals surface area contributed by atoms with Crippen LogP contribution in [0.5, 0.6) is 0 Å². The third-order valence-electron chi connectivity index (χ3n) is 5.18. The number of rotatable bonds is 6. The third kappa shape index (κ3) is 5.24. The molecule has 2 fully saturated rings. The average molecular weight is 379 g/mol. The van der Waals surface area contributed by atoms with Crippen molar-refractivity contribution in [3.05, 3.63) is 23.4 Å². The Morgan fingerprint density at radius 1 is 1.38 bits per heavy atom. The number of likely N-dealkylation sites (tertiary alicyclic amines) is 1. The van der Waals surface area contributed by atoms with Gasteiger partial charge in [-0.2, -0.15) is 0 Å². The first kappa shape index (κ1) is 19.2.